The molecule has 1 aromatic heterocycles. The Balaban J connectivity index is 1.52. The minimum atomic E-state index is -0.404. The number of carbonyl (C=O) groups is 2. The molecule has 0 radical (unpaired) electrons. The number of para-hydroxylation sites is 1. The maximum absolute atomic E-state index is 12.9. The van der Waals surface area contributed by atoms with Gasteiger partial charge in [0, 0.05) is 25.1 Å². The molecule has 0 atom stereocenters. The van der Waals surface area contributed by atoms with E-state index in [1.165, 1.54) is 24.3 Å². The maximum Gasteiger partial charge on any atom is 0.258 e. The van der Waals surface area contributed by atoms with Gasteiger partial charge < -0.3 is 15.2 Å². The molecular weight excluding hydrogens is 387 g/mol. The van der Waals surface area contributed by atoms with Crippen LogP contribution in [0.4, 0.5) is 4.39 Å². The van der Waals surface area contributed by atoms with Crippen molar-refractivity contribution in [2.24, 2.45) is 0 Å². The molecule has 0 saturated carbocycles. The zero-order chi connectivity index (χ0) is 21.5. The van der Waals surface area contributed by atoms with Gasteiger partial charge in [-0.05, 0) is 49.7 Å². The molecule has 0 unspecified atom stereocenters. The molecule has 0 aliphatic carbocycles. The number of carbonyl (C=O) groups excluding carboxylic acids is 2. The Morgan fingerprint density at radius 3 is 2.60 bits per heavy atom. The highest BCUT2D eigenvalue weighted by molar-refractivity contribution is 5.94. The first kappa shape index (κ1) is 21.2. The number of halogens is 1. The average Bonchev–Trinajstić information content (AvgIpc) is 2.75. The SMILES string of the molecule is CCN(Cc1nc2ccccc2c(=O)[nH]1)C(=O)CCCNC(=O)c1ccc(F)cc1. The highest BCUT2D eigenvalue weighted by Gasteiger charge is 2.14. The fourth-order valence-electron chi connectivity index (χ4n) is 3.07. The molecule has 0 bridgehead atoms. The summed E-state index contributed by atoms with van der Waals surface area (Å²) >= 11 is 0. The third-order valence-corrected chi connectivity index (χ3v) is 4.70. The molecule has 1 heterocycles. The summed E-state index contributed by atoms with van der Waals surface area (Å²) in [5, 5.41) is 3.22. The zero-order valence-electron chi connectivity index (χ0n) is 16.7. The number of nitrogens with one attached hydrogen (secondary N) is 2. The predicted molar refractivity (Wildman–Crippen MR) is 111 cm³/mol. The van der Waals surface area contributed by atoms with E-state index in [0.717, 1.165) is 0 Å². The number of rotatable bonds is 8. The number of H-pyrrole nitrogens is 1. The van der Waals surface area contributed by atoms with Gasteiger partial charge in [0.2, 0.25) is 5.91 Å². The van der Waals surface area contributed by atoms with Crippen molar-refractivity contribution in [3.8, 4) is 0 Å². The standard InChI is InChI=1S/C22H23FN4O3/c1-2-27(14-19-25-18-7-4-3-6-17(18)22(30)26-19)20(28)8-5-13-24-21(29)15-9-11-16(23)12-10-15/h3-4,6-7,9-12H,2,5,8,13-14H2,1H3,(H,24,29)(H,25,26,30). The average molecular weight is 410 g/mol. The van der Waals surface area contributed by atoms with Crippen LogP contribution >= 0.6 is 0 Å². The first-order valence-electron chi connectivity index (χ1n) is 9.77. The Bertz CT molecular complexity index is 1100. The van der Waals surface area contributed by atoms with Gasteiger partial charge in [0.1, 0.15) is 11.6 Å². The molecular formula is C22H23FN4O3. The molecule has 8 heteroatoms. The van der Waals surface area contributed by atoms with Crippen LogP contribution in [0.1, 0.15) is 35.9 Å². The van der Waals surface area contributed by atoms with Gasteiger partial charge in [0.05, 0.1) is 17.4 Å². The molecule has 30 heavy (non-hydrogen) atoms. The summed E-state index contributed by atoms with van der Waals surface area (Å²) in [4.78, 5) is 45.5. The maximum atomic E-state index is 12.9. The van der Waals surface area contributed by atoms with E-state index in [9.17, 15) is 18.8 Å². The fraction of sp³-hybridized carbons (Fsp3) is 0.273. The lowest BCUT2D eigenvalue weighted by molar-refractivity contribution is -0.131. The topological polar surface area (TPSA) is 95.2 Å². The Morgan fingerprint density at radius 2 is 1.87 bits per heavy atom. The van der Waals surface area contributed by atoms with Gasteiger partial charge in [-0.1, -0.05) is 12.1 Å². The van der Waals surface area contributed by atoms with E-state index in [-0.39, 0.29) is 30.3 Å². The van der Waals surface area contributed by atoms with E-state index in [0.29, 0.717) is 41.8 Å². The van der Waals surface area contributed by atoms with Crippen molar-refractivity contribution in [1.29, 1.82) is 0 Å². The van der Waals surface area contributed by atoms with Gasteiger partial charge in [0.15, 0.2) is 0 Å². The monoisotopic (exact) mass is 410 g/mol. The first-order valence-corrected chi connectivity index (χ1v) is 9.77. The third kappa shape index (κ3) is 5.28. The van der Waals surface area contributed by atoms with Gasteiger partial charge in [-0.2, -0.15) is 0 Å². The highest BCUT2D eigenvalue weighted by atomic mass is 19.1. The van der Waals surface area contributed by atoms with Crippen LogP contribution in [0.15, 0.2) is 53.3 Å². The minimum absolute atomic E-state index is 0.0932. The van der Waals surface area contributed by atoms with E-state index in [4.69, 9.17) is 0 Å². The number of nitrogens with zero attached hydrogens (tertiary/aromatic N) is 2. The summed E-state index contributed by atoms with van der Waals surface area (Å²) in [6.45, 7) is 2.85. The van der Waals surface area contributed by atoms with Gasteiger partial charge in [-0.3, -0.25) is 14.4 Å². The summed E-state index contributed by atoms with van der Waals surface area (Å²) < 4.78 is 12.9. The molecule has 0 fully saturated rings. The van der Waals surface area contributed by atoms with E-state index >= 15 is 0 Å². The molecule has 0 spiro atoms. The Morgan fingerprint density at radius 1 is 1.13 bits per heavy atom. The number of benzene rings is 2. The predicted octanol–water partition coefficient (Wildman–Crippen LogP) is 2.62. The number of aromatic nitrogens is 2. The molecule has 0 aliphatic heterocycles. The molecule has 2 amide bonds. The first-order chi connectivity index (χ1) is 14.5. The molecule has 156 valence electrons. The van der Waals surface area contributed by atoms with Crippen LogP contribution in [0.5, 0.6) is 0 Å². The second-order valence-corrected chi connectivity index (χ2v) is 6.80. The second kappa shape index (κ2) is 9.78. The summed E-state index contributed by atoms with van der Waals surface area (Å²) in [6, 6.07) is 12.3. The van der Waals surface area contributed by atoms with Crippen LogP contribution in [0.3, 0.4) is 0 Å². The quantitative estimate of drug-likeness (QED) is 0.558. The van der Waals surface area contributed by atoms with Crippen LogP contribution < -0.4 is 10.9 Å². The van der Waals surface area contributed by atoms with Crippen molar-refractivity contribution in [3.05, 3.63) is 76.1 Å². The fourth-order valence-corrected chi connectivity index (χ4v) is 3.07. The van der Waals surface area contributed by atoms with Crippen LogP contribution in [-0.2, 0) is 11.3 Å². The summed E-state index contributed by atoms with van der Waals surface area (Å²) in [7, 11) is 0. The highest BCUT2D eigenvalue weighted by Crippen LogP contribution is 2.08. The van der Waals surface area contributed by atoms with Crippen LogP contribution in [-0.4, -0.2) is 39.8 Å². The van der Waals surface area contributed by atoms with Gasteiger partial charge in [-0.15, -0.1) is 0 Å². The van der Waals surface area contributed by atoms with Crippen molar-refractivity contribution in [1.82, 2.24) is 20.2 Å². The second-order valence-electron chi connectivity index (χ2n) is 6.80. The van der Waals surface area contributed by atoms with Crippen LogP contribution in [0.25, 0.3) is 10.9 Å². The summed E-state index contributed by atoms with van der Waals surface area (Å²) in [5.41, 5.74) is 0.718. The third-order valence-electron chi connectivity index (χ3n) is 4.70. The van der Waals surface area contributed by atoms with Crippen molar-refractivity contribution in [2.75, 3.05) is 13.1 Å². The smallest absolute Gasteiger partial charge is 0.258 e. The van der Waals surface area contributed by atoms with E-state index in [1.54, 1.807) is 23.1 Å². The minimum Gasteiger partial charge on any atom is -0.352 e. The molecule has 3 rings (SSSR count). The van der Waals surface area contributed by atoms with Crippen LogP contribution in [0, 0.1) is 5.82 Å². The number of hydrogen-bond acceptors (Lipinski definition) is 4. The Hall–Kier alpha value is -3.55. The number of amides is 2. The number of hydrogen-bond donors (Lipinski definition) is 2. The molecule has 7 nitrogen and oxygen atoms in total. The van der Waals surface area contributed by atoms with Crippen LogP contribution in [0.2, 0.25) is 0 Å². The zero-order valence-corrected chi connectivity index (χ0v) is 16.7. The van der Waals surface area contributed by atoms with E-state index < -0.39 is 5.82 Å². The Labute approximate surface area is 172 Å². The molecule has 2 aromatic carbocycles. The lowest BCUT2D eigenvalue weighted by Crippen LogP contribution is -2.32. The molecule has 3 aromatic rings. The van der Waals surface area contributed by atoms with Gasteiger partial charge in [-0.25, -0.2) is 9.37 Å². The van der Waals surface area contributed by atoms with Gasteiger partial charge >= 0.3 is 0 Å². The summed E-state index contributed by atoms with van der Waals surface area (Å²) in [5.74, 6) is -0.380. The molecule has 2 N–H and O–H groups in total. The van der Waals surface area contributed by atoms with Crippen molar-refractivity contribution in [3.63, 3.8) is 0 Å². The number of fused-ring (bicyclic) bond motifs is 1. The lowest BCUT2D eigenvalue weighted by atomic mass is 10.2. The summed E-state index contributed by atoms with van der Waals surface area (Å²) in [6.07, 6.45) is 0.708. The van der Waals surface area contributed by atoms with Crippen molar-refractivity contribution < 1.29 is 14.0 Å². The molecule has 0 saturated heterocycles. The number of aromatic amines is 1. The van der Waals surface area contributed by atoms with Gasteiger partial charge in [0.25, 0.3) is 11.5 Å². The lowest BCUT2D eigenvalue weighted by Gasteiger charge is -2.20. The van der Waals surface area contributed by atoms with E-state index in [2.05, 4.69) is 15.3 Å². The molecule has 0 aliphatic rings. The van der Waals surface area contributed by atoms with Crippen molar-refractivity contribution in [2.45, 2.75) is 26.3 Å². The Kier molecular flexibility index (Phi) is 6.90. The van der Waals surface area contributed by atoms with E-state index in [1.807, 2.05) is 13.0 Å². The largest absolute Gasteiger partial charge is 0.352 e. The normalized spacial score (nSPS) is 10.7. The van der Waals surface area contributed by atoms with Crippen molar-refractivity contribution >= 4 is 22.7 Å².